The quantitative estimate of drug-likeness (QED) is 0.842. The lowest BCUT2D eigenvalue weighted by Gasteiger charge is -2.25. The van der Waals surface area contributed by atoms with Crippen molar-refractivity contribution >= 4 is 15.9 Å². The SMILES string of the molecule is CN(Cc1ccccc1Br)CC(O)CNC(C)(C)C. The molecule has 0 amide bonds. The predicted octanol–water partition coefficient (Wildman–Crippen LogP) is 2.63. The van der Waals surface area contributed by atoms with Crippen molar-refractivity contribution in [2.24, 2.45) is 0 Å². The third-order valence-corrected chi connectivity index (χ3v) is 3.56. The first kappa shape index (κ1) is 16.6. The van der Waals surface area contributed by atoms with Crippen LogP contribution in [-0.2, 0) is 6.54 Å². The number of β-amino-alcohol motifs (C(OH)–C–C–N with tert-alkyl or cyclic N) is 1. The van der Waals surface area contributed by atoms with E-state index in [1.807, 2.05) is 25.2 Å². The van der Waals surface area contributed by atoms with Crippen molar-refractivity contribution in [1.29, 1.82) is 0 Å². The van der Waals surface area contributed by atoms with Crippen LogP contribution in [0.1, 0.15) is 26.3 Å². The summed E-state index contributed by atoms with van der Waals surface area (Å²) in [6, 6.07) is 8.18. The van der Waals surface area contributed by atoms with Gasteiger partial charge >= 0.3 is 0 Å². The Morgan fingerprint density at radius 3 is 2.53 bits per heavy atom. The molecule has 0 saturated heterocycles. The molecule has 0 saturated carbocycles. The Bertz CT molecular complexity index is 390. The molecule has 0 aliphatic rings. The third-order valence-electron chi connectivity index (χ3n) is 2.79. The molecule has 0 heterocycles. The first-order valence-corrected chi connectivity index (χ1v) is 7.42. The second-order valence-corrected chi connectivity index (χ2v) is 6.93. The molecule has 0 spiro atoms. The van der Waals surface area contributed by atoms with Crippen LogP contribution in [0.2, 0.25) is 0 Å². The molecule has 0 aliphatic carbocycles. The van der Waals surface area contributed by atoms with Crippen molar-refractivity contribution in [2.75, 3.05) is 20.1 Å². The Morgan fingerprint density at radius 1 is 1.32 bits per heavy atom. The van der Waals surface area contributed by atoms with Crippen molar-refractivity contribution in [3.8, 4) is 0 Å². The molecule has 3 nitrogen and oxygen atoms in total. The van der Waals surface area contributed by atoms with Crippen LogP contribution in [0.4, 0.5) is 0 Å². The highest BCUT2D eigenvalue weighted by molar-refractivity contribution is 9.10. The predicted molar refractivity (Wildman–Crippen MR) is 84.2 cm³/mol. The number of aliphatic hydroxyl groups is 1. The molecule has 0 aliphatic heterocycles. The maximum Gasteiger partial charge on any atom is 0.0791 e. The van der Waals surface area contributed by atoms with Gasteiger partial charge in [0.1, 0.15) is 0 Å². The van der Waals surface area contributed by atoms with E-state index in [4.69, 9.17) is 0 Å². The fourth-order valence-electron chi connectivity index (χ4n) is 1.83. The smallest absolute Gasteiger partial charge is 0.0791 e. The van der Waals surface area contributed by atoms with Gasteiger partial charge in [-0.2, -0.15) is 0 Å². The molecule has 0 aromatic heterocycles. The summed E-state index contributed by atoms with van der Waals surface area (Å²) in [7, 11) is 2.03. The Morgan fingerprint density at radius 2 is 1.95 bits per heavy atom. The lowest BCUT2D eigenvalue weighted by molar-refractivity contribution is 0.114. The summed E-state index contributed by atoms with van der Waals surface area (Å²) in [4.78, 5) is 2.13. The van der Waals surface area contributed by atoms with Gasteiger partial charge in [0.2, 0.25) is 0 Å². The van der Waals surface area contributed by atoms with Gasteiger partial charge in [0.05, 0.1) is 6.10 Å². The van der Waals surface area contributed by atoms with E-state index in [-0.39, 0.29) is 11.6 Å². The van der Waals surface area contributed by atoms with Crippen LogP contribution in [0, 0.1) is 0 Å². The first-order chi connectivity index (χ1) is 8.78. The number of hydrogen-bond acceptors (Lipinski definition) is 3. The minimum absolute atomic E-state index is 0.0437. The lowest BCUT2D eigenvalue weighted by atomic mass is 10.1. The molecule has 0 bridgehead atoms. The zero-order chi connectivity index (χ0) is 14.5. The molecule has 4 heteroatoms. The summed E-state index contributed by atoms with van der Waals surface area (Å²) in [6.07, 6.45) is -0.355. The monoisotopic (exact) mass is 328 g/mol. The molecule has 0 fully saturated rings. The van der Waals surface area contributed by atoms with Gasteiger partial charge in [-0.3, -0.25) is 4.90 Å². The number of aliphatic hydroxyl groups excluding tert-OH is 1. The van der Waals surface area contributed by atoms with Crippen molar-refractivity contribution in [3.63, 3.8) is 0 Å². The summed E-state index contributed by atoms with van der Waals surface area (Å²) in [5.74, 6) is 0. The number of nitrogens with one attached hydrogen (secondary N) is 1. The molecule has 1 rings (SSSR count). The third kappa shape index (κ3) is 7.06. The maximum absolute atomic E-state index is 10.0. The van der Waals surface area contributed by atoms with Crippen molar-refractivity contribution in [2.45, 2.75) is 39.0 Å². The average Bonchev–Trinajstić information content (AvgIpc) is 2.29. The number of benzene rings is 1. The standard InChI is InChI=1S/C15H25BrN2O/c1-15(2,3)17-9-13(19)11-18(4)10-12-7-5-6-8-14(12)16/h5-8,13,17,19H,9-11H2,1-4H3. The highest BCUT2D eigenvalue weighted by Gasteiger charge is 2.14. The van der Waals surface area contributed by atoms with E-state index in [1.165, 1.54) is 5.56 Å². The van der Waals surface area contributed by atoms with Crippen LogP contribution in [0.25, 0.3) is 0 Å². The maximum atomic E-state index is 10.0. The van der Waals surface area contributed by atoms with Gasteiger partial charge in [-0.05, 0) is 39.4 Å². The highest BCUT2D eigenvalue weighted by Crippen LogP contribution is 2.17. The van der Waals surface area contributed by atoms with Gasteiger partial charge in [-0.1, -0.05) is 34.1 Å². The Kier molecular flexibility index (Phi) is 6.47. The van der Waals surface area contributed by atoms with Gasteiger partial charge in [0, 0.05) is 29.6 Å². The summed E-state index contributed by atoms with van der Waals surface area (Å²) < 4.78 is 1.11. The summed E-state index contributed by atoms with van der Waals surface area (Å²) in [5, 5.41) is 13.3. The number of rotatable bonds is 6. The molecular weight excluding hydrogens is 304 g/mol. The van der Waals surface area contributed by atoms with Crippen LogP contribution in [0.3, 0.4) is 0 Å². The van der Waals surface area contributed by atoms with E-state index < -0.39 is 0 Å². The van der Waals surface area contributed by atoms with Gasteiger partial charge in [-0.25, -0.2) is 0 Å². The molecule has 19 heavy (non-hydrogen) atoms. The molecule has 2 N–H and O–H groups in total. The first-order valence-electron chi connectivity index (χ1n) is 6.63. The number of hydrogen-bond donors (Lipinski definition) is 2. The van der Waals surface area contributed by atoms with Crippen LogP contribution in [-0.4, -0.2) is 41.8 Å². The topological polar surface area (TPSA) is 35.5 Å². The molecular formula is C15H25BrN2O. The molecule has 1 atom stereocenters. The van der Waals surface area contributed by atoms with Crippen LogP contribution < -0.4 is 5.32 Å². The van der Waals surface area contributed by atoms with Crippen molar-refractivity contribution in [1.82, 2.24) is 10.2 Å². The zero-order valence-corrected chi connectivity index (χ0v) is 13.9. The Labute approximate surface area is 125 Å². The fraction of sp³-hybridized carbons (Fsp3) is 0.600. The second-order valence-electron chi connectivity index (χ2n) is 6.07. The van der Waals surface area contributed by atoms with Gasteiger partial charge in [-0.15, -0.1) is 0 Å². The van der Waals surface area contributed by atoms with E-state index in [0.29, 0.717) is 13.1 Å². The normalized spacial score (nSPS) is 13.8. The second kappa shape index (κ2) is 7.39. The van der Waals surface area contributed by atoms with Crippen LogP contribution >= 0.6 is 15.9 Å². The van der Waals surface area contributed by atoms with Gasteiger partial charge < -0.3 is 10.4 Å². The summed E-state index contributed by atoms with van der Waals surface area (Å²) >= 11 is 3.55. The van der Waals surface area contributed by atoms with Crippen LogP contribution in [0.15, 0.2) is 28.7 Å². The highest BCUT2D eigenvalue weighted by atomic mass is 79.9. The van der Waals surface area contributed by atoms with Crippen molar-refractivity contribution in [3.05, 3.63) is 34.3 Å². The minimum Gasteiger partial charge on any atom is -0.390 e. The summed E-state index contributed by atoms with van der Waals surface area (Å²) in [5.41, 5.74) is 1.28. The van der Waals surface area contributed by atoms with E-state index in [0.717, 1.165) is 11.0 Å². The molecule has 1 aromatic carbocycles. The van der Waals surface area contributed by atoms with E-state index >= 15 is 0 Å². The Hall–Kier alpha value is -0.420. The van der Waals surface area contributed by atoms with Crippen molar-refractivity contribution < 1.29 is 5.11 Å². The molecule has 108 valence electrons. The number of likely N-dealkylation sites (N-methyl/N-ethyl adjacent to an activating group) is 1. The molecule has 0 radical (unpaired) electrons. The summed E-state index contributed by atoms with van der Waals surface area (Å²) in [6.45, 7) is 8.40. The molecule has 1 aromatic rings. The van der Waals surface area contributed by atoms with Gasteiger partial charge in [0.25, 0.3) is 0 Å². The number of nitrogens with zero attached hydrogens (tertiary/aromatic N) is 1. The average molecular weight is 329 g/mol. The fourth-order valence-corrected chi connectivity index (χ4v) is 2.24. The van der Waals surface area contributed by atoms with E-state index in [9.17, 15) is 5.11 Å². The number of halogens is 1. The van der Waals surface area contributed by atoms with E-state index in [2.05, 4.69) is 53.0 Å². The van der Waals surface area contributed by atoms with Gasteiger partial charge in [0.15, 0.2) is 0 Å². The minimum atomic E-state index is -0.355. The largest absolute Gasteiger partial charge is 0.390 e. The lowest BCUT2D eigenvalue weighted by Crippen LogP contribution is -2.44. The molecule has 1 unspecified atom stereocenters. The van der Waals surface area contributed by atoms with E-state index in [1.54, 1.807) is 0 Å². The Balaban J connectivity index is 2.39. The zero-order valence-electron chi connectivity index (χ0n) is 12.3. The van der Waals surface area contributed by atoms with Crippen LogP contribution in [0.5, 0.6) is 0 Å².